The lowest BCUT2D eigenvalue weighted by molar-refractivity contribution is 0.159. The molecule has 2 rings (SSSR count). The van der Waals surface area contributed by atoms with Crippen molar-refractivity contribution in [2.24, 2.45) is 0 Å². The third-order valence-electron chi connectivity index (χ3n) is 2.33. The van der Waals surface area contributed by atoms with Gasteiger partial charge in [0.1, 0.15) is 0 Å². The van der Waals surface area contributed by atoms with Gasteiger partial charge < -0.3 is 9.67 Å². The molecule has 16 heavy (non-hydrogen) atoms. The van der Waals surface area contributed by atoms with Gasteiger partial charge in [-0.3, -0.25) is 0 Å². The fourth-order valence-corrected chi connectivity index (χ4v) is 2.83. The van der Waals surface area contributed by atoms with E-state index in [9.17, 15) is 5.11 Å². The van der Waals surface area contributed by atoms with Crippen LogP contribution < -0.4 is 0 Å². The fourth-order valence-electron chi connectivity index (χ4n) is 1.58. The minimum Gasteiger partial charge on any atom is -0.390 e. The topological polar surface area (TPSA) is 48.9 Å². The van der Waals surface area contributed by atoms with E-state index in [1.54, 1.807) is 0 Å². The summed E-state index contributed by atoms with van der Waals surface area (Å²) in [5, 5.41) is 18.1. The molecule has 1 atom stereocenters. The fraction of sp³-hybridized carbons (Fsp3) is 0.250. The molecule has 1 aromatic heterocycles. The number of aliphatic hydroxyl groups excluding tert-OH is 1. The van der Waals surface area contributed by atoms with Crippen molar-refractivity contribution < 1.29 is 5.11 Å². The van der Waals surface area contributed by atoms with E-state index in [0.717, 1.165) is 11.3 Å². The Morgan fingerprint density at radius 2 is 2.50 bits per heavy atom. The predicted octanol–water partition coefficient (Wildman–Crippen LogP) is 2.13. The maximum Gasteiger partial charge on any atom is 0.0848 e. The summed E-state index contributed by atoms with van der Waals surface area (Å²) in [6.45, 7) is 0.466. The van der Waals surface area contributed by atoms with Crippen LogP contribution in [0, 0.1) is 11.3 Å². The van der Waals surface area contributed by atoms with Crippen LogP contribution in [0.15, 0.2) is 16.3 Å². The highest BCUT2D eigenvalue weighted by Crippen LogP contribution is 2.19. The first-order chi connectivity index (χ1) is 7.81. The van der Waals surface area contributed by atoms with Crippen molar-refractivity contribution in [2.45, 2.75) is 19.1 Å². The molecule has 2 heterocycles. The number of aliphatic hydroxyl groups is 1. The number of nitrogens with zero attached hydrogens (tertiary/aromatic N) is 2. The lowest BCUT2D eigenvalue weighted by Crippen LogP contribution is -2.15. The maximum absolute atomic E-state index is 9.60. The van der Waals surface area contributed by atoms with Gasteiger partial charge in [-0.25, -0.2) is 0 Å². The van der Waals surface area contributed by atoms with Gasteiger partial charge in [0.2, 0.25) is 0 Å². The van der Waals surface area contributed by atoms with Crippen molar-refractivity contribution in [3.8, 4) is 6.07 Å². The molecule has 3 nitrogen and oxygen atoms in total. The van der Waals surface area contributed by atoms with E-state index in [2.05, 4.69) is 13.8 Å². The Kier molecular flexibility index (Phi) is 3.73. The molecule has 0 fully saturated rings. The van der Waals surface area contributed by atoms with Crippen LogP contribution in [-0.4, -0.2) is 19.4 Å². The second-order valence-electron chi connectivity index (χ2n) is 3.48. The Balaban J connectivity index is 2.24. The van der Waals surface area contributed by atoms with Crippen LogP contribution >= 0.6 is 20.7 Å². The van der Waals surface area contributed by atoms with E-state index in [1.807, 2.05) is 29.0 Å². The molecule has 0 spiro atoms. The third kappa shape index (κ3) is 2.50. The summed E-state index contributed by atoms with van der Waals surface area (Å²) in [6, 6.07) is 4.00. The van der Waals surface area contributed by atoms with Gasteiger partial charge in [-0.15, -0.1) is 0 Å². The Labute approximate surface area is 104 Å². The highest BCUT2D eigenvalue weighted by molar-refractivity contribution is 14.2. The van der Waals surface area contributed by atoms with Crippen LogP contribution in [0.25, 0.3) is 12.2 Å². The Bertz CT molecular complexity index is 516. The maximum atomic E-state index is 9.60. The summed E-state index contributed by atoms with van der Waals surface area (Å²) in [6.07, 6.45) is 5.60. The number of hydrogen-bond donors (Lipinski definition) is 1. The predicted molar refractivity (Wildman–Crippen MR) is 73.2 cm³/mol. The third-order valence-corrected chi connectivity index (χ3v) is 3.72. The van der Waals surface area contributed by atoms with Gasteiger partial charge in [0.05, 0.1) is 24.3 Å². The normalized spacial score (nSPS) is 14.8. The van der Waals surface area contributed by atoms with Crippen molar-refractivity contribution in [3.63, 3.8) is 0 Å². The average molecular weight is 326 g/mol. The second-order valence-corrected chi connectivity index (χ2v) is 5.44. The second kappa shape index (κ2) is 5.26. The van der Waals surface area contributed by atoms with E-state index in [1.165, 1.54) is 0 Å². The summed E-state index contributed by atoms with van der Waals surface area (Å²) >= 11 is -0.0901. The Morgan fingerprint density at radius 3 is 3.31 bits per heavy atom. The molecule has 0 amide bonds. The van der Waals surface area contributed by atoms with Crippen LogP contribution in [0.3, 0.4) is 0 Å². The van der Waals surface area contributed by atoms with Gasteiger partial charge in [0, 0.05) is 24.4 Å². The molecular formula is C12H11IN2O. The molecule has 82 valence electrons. The van der Waals surface area contributed by atoms with Gasteiger partial charge in [-0.2, -0.15) is 5.26 Å². The first kappa shape index (κ1) is 11.3. The number of fused-ring (bicyclic) bond motifs is 1. The van der Waals surface area contributed by atoms with Crippen LogP contribution in [0.2, 0.25) is 0 Å². The summed E-state index contributed by atoms with van der Waals surface area (Å²) in [4.78, 5) is 0. The van der Waals surface area contributed by atoms with Crippen LogP contribution in [-0.2, 0) is 6.54 Å². The largest absolute Gasteiger partial charge is 0.390 e. The minimum atomic E-state index is -0.600. The van der Waals surface area contributed by atoms with Gasteiger partial charge in [-0.1, -0.05) is 3.67 Å². The van der Waals surface area contributed by atoms with Gasteiger partial charge >= 0.3 is 0 Å². The molecule has 1 N–H and O–H groups in total. The molecule has 0 radical (unpaired) electrons. The van der Waals surface area contributed by atoms with Crippen molar-refractivity contribution in [1.29, 1.82) is 5.26 Å². The van der Waals surface area contributed by atoms with E-state index < -0.39 is 6.10 Å². The monoisotopic (exact) mass is 326 g/mol. The van der Waals surface area contributed by atoms with Gasteiger partial charge in [0.25, 0.3) is 0 Å². The molecule has 0 bridgehead atoms. The number of rotatable bonds is 3. The van der Waals surface area contributed by atoms with Crippen LogP contribution in [0.1, 0.15) is 17.7 Å². The van der Waals surface area contributed by atoms with Crippen molar-refractivity contribution in [3.05, 3.63) is 27.6 Å². The number of aromatic nitrogens is 1. The number of nitriles is 1. The Morgan fingerprint density at radius 1 is 1.62 bits per heavy atom. The van der Waals surface area contributed by atoms with Crippen molar-refractivity contribution in [1.82, 2.24) is 4.57 Å². The molecule has 1 aliphatic rings. The molecule has 1 unspecified atom stereocenters. The van der Waals surface area contributed by atoms with E-state index >= 15 is 0 Å². The highest BCUT2D eigenvalue weighted by Gasteiger charge is 2.09. The van der Waals surface area contributed by atoms with Crippen molar-refractivity contribution >= 4 is 36.5 Å². The van der Waals surface area contributed by atoms with E-state index in [4.69, 9.17) is 5.26 Å². The SMILES string of the molecule is N#CCC(O)Cn1ccc2c1C=C=IC=C2. The summed E-state index contributed by atoms with van der Waals surface area (Å²) in [5.41, 5.74) is 2.24. The molecule has 1 aromatic rings. The quantitative estimate of drug-likeness (QED) is 0.865. The zero-order valence-electron chi connectivity index (χ0n) is 8.60. The summed E-state index contributed by atoms with van der Waals surface area (Å²) in [7, 11) is 0. The highest BCUT2D eigenvalue weighted by atomic mass is 127. The van der Waals surface area contributed by atoms with Crippen molar-refractivity contribution in [2.75, 3.05) is 0 Å². The summed E-state index contributed by atoms with van der Waals surface area (Å²) < 4.78 is 7.41. The molecule has 0 aromatic carbocycles. The zero-order chi connectivity index (χ0) is 11.4. The Hall–Kier alpha value is -1.15. The molecule has 1 aliphatic heterocycles. The first-order valence-electron chi connectivity index (χ1n) is 4.93. The standard InChI is InChI=1S/C12H11IN2O/c14-7-3-11(16)9-15-8-4-10-1-5-13-6-2-12(10)15/h1-2,4-5,8,11,16H,3,9H2. The minimum absolute atomic E-state index is 0.0901. The molecule has 0 aliphatic carbocycles. The molecule has 0 saturated carbocycles. The van der Waals surface area contributed by atoms with Crippen LogP contribution in [0.4, 0.5) is 0 Å². The first-order valence-corrected chi connectivity index (χ1v) is 7.25. The molecule has 4 heteroatoms. The molecular weight excluding hydrogens is 315 g/mol. The van der Waals surface area contributed by atoms with E-state index in [0.29, 0.717) is 6.54 Å². The lowest BCUT2D eigenvalue weighted by atomic mass is 10.2. The average Bonchev–Trinajstić information content (AvgIpc) is 2.51. The smallest absolute Gasteiger partial charge is 0.0848 e. The zero-order valence-corrected chi connectivity index (χ0v) is 10.8. The lowest BCUT2D eigenvalue weighted by Gasteiger charge is -2.10. The van der Waals surface area contributed by atoms with E-state index in [-0.39, 0.29) is 27.2 Å². The van der Waals surface area contributed by atoms with Gasteiger partial charge in [0.15, 0.2) is 0 Å². The summed E-state index contributed by atoms with van der Waals surface area (Å²) in [5.74, 6) is 0. The van der Waals surface area contributed by atoms with Gasteiger partial charge in [-0.05, 0) is 37.0 Å². The number of hydrogen-bond acceptors (Lipinski definition) is 2. The molecule has 0 saturated heterocycles. The number of halogens is 1. The van der Waals surface area contributed by atoms with Crippen LogP contribution in [0.5, 0.6) is 0 Å².